The van der Waals surface area contributed by atoms with Gasteiger partial charge in [-0.2, -0.15) is 0 Å². The topological polar surface area (TPSA) is 96.4 Å². The molecular formula is C18H17N3O4S. The van der Waals surface area contributed by atoms with Gasteiger partial charge in [0.1, 0.15) is 18.1 Å². The fraction of sp³-hybridized carbons (Fsp3) is 0.167. The quantitative estimate of drug-likeness (QED) is 0.763. The fourth-order valence-electron chi connectivity index (χ4n) is 3.14. The van der Waals surface area contributed by atoms with Crippen molar-refractivity contribution in [1.82, 2.24) is 9.55 Å². The molecule has 0 saturated carbocycles. The van der Waals surface area contributed by atoms with E-state index in [0.29, 0.717) is 5.75 Å². The molecule has 2 aromatic carbocycles. The van der Waals surface area contributed by atoms with Gasteiger partial charge < -0.3 is 9.47 Å². The van der Waals surface area contributed by atoms with Crippen molar-refractivity contribution in [2.75, 3.05) is 7.11 Å². The smallest absolute Gasteiger partial charge is 0.238 e. The summed E-state index contributed by atoms with van der Waals surface area (Å²) in [5.41, 5.74) is 3.49. The zero-order valence-electron chi connectivity index (χ0n) is 14.3. The average molecular weight is 371 g/mol. The predicted octanol–water partition coefficient (Wildman–Crippen LogP) is 2.40. The Kier molecular flexibility index (Phi) is 3.74. The monoisotopic (exact) mass is 371 g/mol. The van der Waals surface area contributed by atoms with Crippen LogP contribution in [0.1, 0.15) is 11.5 Å². The maximum Gasteiger partial charge on any atom is 0.238 e. The van der Waals surface area contributed by atoms with Crippen LogP contribution in [0.25, 0.3) is 16.9 Å². The van der Waals surface area contributed by atoms with E-state index in [1.54, 1.807) is 13.2 Å². The van der Waals surface area contributed by atoms with Gasteiger partial charge in [-0.15, -0.1) is 0 Å². The van der Waals surface area contributed by atoms with Crippen molar-refractivity contribution in [3.63, 3.8) is 0 Å². The normalized spacial score (nSPS) is 12.9. The van der Waals surface area contributed by atoms with Crippen LogP contribution in [0.4, 0.5) is 0 Å². The highest BCUT2D eigenvalue weighted by atomic mass is 32.2. The Morgan fingerprint density at radius 2 is 1.92 bits per heavy atom. The molecule has 7 nitrogen and oxygen atoms in total. The number of ether oxygens (including phenoxy) is 2. The van der Waals surface area contributed by atoms with Gasteiger partial charge in [-0.05, 0) is 43.3 Å². The van der Waals surface area contributed by atoms with E-state index in [2.05, 4.69) is 4.98 Å². The van der Waals surface area contributed by atoms with E-state index in [9.17, 15) is 8.42 Å². The highest BCUT2D eigenvalue weighted by Gasteiger charge is 2.25. The average Bonchev–Trinajstić information content (AvgIpc) is 2.97. The minimum absolute atomic E-state index is 0.0162. The maximum atomic E-state index is 11.6. The molecule has 0 aliphatic carbocycles. The van der Waals surface area contributed by atoms with Gasteiger partial charge in [-0.1, -0.05) is 0 Å². The van der Waals surface area contributed by atoms with E-state index in [0.717, 1.165) is 34.2 Å². The molecule has 0 amide bonds. The van der Waals surface area contributed by atoms with Crippen LogP contribution in [-0.2, 0) is 16.6 Å². The Morgan fingerprint density at radius 3 is 2.58 bits per heavy atom. The largest absolute Gasteiger partial charge is 0.497 e. The summed E-state index contributed by atoms with van der Waals surface area (Å²) in [6.45, 7) is 2.18. The summed E-state index contributed by atoms with van der Waals surface area (Å²) in [7, 11) is -2.17. The lowest BCUT2D eigenvalue weighted by Crippen LogP contribution is -2.16. The van der Waals surface area contributed by atoms with Gasteiger partial charge in [0, 0.05) is 11.6 Å². The SMILES string of the molecule is COc1ccc(-c2c(C)nc3n2-c2ccc(S(N)(=O)=O)cc2OC3)cc1. The molecule has 0 spiro atoms. The van der Waals surface area contributed by atoms with Crippen molar-refractivity contribution in [2.45, 2.75) is 18.4 Å². The molecule has 2 N–H and O–H groups in total. The first-order valence-corrected chi connectivity index (χ1v) is 9.46. The van der Waals surface area contributed by atoms with Crippen LogP contribution in [0.15, 0.2) is 47.4 Å². The summed E-state index contributed by atoms with van der Waals surface area (Å²) in [4.78, 5) is 4.62. The Labute approximate surface area is 151 Å². The minimum atomic E-state index is -3.80. The minimum Gasteiger partial charge on any atom is -0.497 e. The van der Waals surface area contributed by atoms with E-state index in [4.69, 9.17) is 14.6 Å². The van der Waals surface area contributed by atoms with Crippen molar-refractivity contribution in [3.8, 4) is 28.4 Å². The summed E-state index contributed by atoms with van der Waals surface area (Å²) < 4.78 is 36.1. The van der Waals surface area contributed by atoms with E-state index >= 15 is 0 Å². The molecule has 0 unspecified atom stereocenters. The lowest BCUT2D eigenvalue weighted by molar-refractivity contribution is 0.279. The molecule has 134 valence electrons. The molecule has 8 heteroatoms. The molecule has 3 aromatic rings. The van der Waals surface area contributed by atoms with Gasteiger partial charge in [0.2, 0.25) is 10.0 Å². The van der Waals surface area contributed by atoms with Crippen LogP contribution >= 0.6 is 0 Å². The Hall–Kier alpha value is -2.84. The summed E-state index contributed by atoms with van der Waals surface area (Å²) >= 11 is 0. The fourth-order valence-corrected chi connectivity index (χ4v) is 3.67. The summed E-state index contributed by atoms with van der Waals surface area (Å²) in [6, 6.07) is 12.3. The van der Waals surface area contributed by atoms with Crippen molar-refractivity contribution in [2.24, 2.45) is 5.14 Å². The van der Waals surface area contributed by atoms with Gasteiger partial charge in [-0.25, -0.2) is 18.5 Å². The van der Waals surface area contributed by atoms with Crippen LogP contribution in [0, 0.1) is 6.92 Å². The van der Waals surface area contributed by atoms with Gasteiger partial charge >= 0.3 is 0 Å². The van der Waals surface area contributed by atoms with Gasteiger partial charge in [0.05, 0.1) is 29.1 Å². The van der Waals surface area contributed by atoms with E-state index in [1.807, 2.05) is 35.8 Å². The molecular weight excluding hydrogens is 354 g/mol. The second-order valence-electron chi connectivity index (χ2n) is 5.99. The first-order chi connectivity index (χ1) is 12.4. The first-order valence-electron chi connectivity index (χ1n) is 7.91. The van der Waals surface area contributed by atoms with E-state index in [-0.39, 0.29) is 11.5 Å². The van der Waals surface area contributed by atoms with Crippen LogP contribution < -0.4 is 14.6 Å². The summed E-state index contributed by atoms with van der Waals surface area (Å²) in [5, 5.41) is 5.22. The number of rotatable bonds is 3. The predicted molar refractivity (Wildman–Crippen MR) is 96.0 cm³/mol. The maximum absolute atomic E-state index is 11.6. The number of primary sulfonamides is 1. The molecule has 4 rings (SSSR count). The van der Waals surface area contributed by atoms with E-state index < -0.39 is 10.0 Å². The number of hydrogen-bond acceptors (Lipinski definition) is 5. The van der Waals surface area contributed by atoms with Gasteiger partial charge in [0.15, 0.2) is 5.82 Å². The van der Waals surface area contributed by atoms with Crippen LogP contribution in [0.2, 0.25) is 0 Å². The Balaban J connectivity index is 1.90. The summed E-state index contributed by atoms with van der Waals surface area (Å²) in [5.74, 6) is 1.98. The molecule has 0 radical (unpaired) electrons. The third-order valence-electron chi connectivity index (χ3n) is 4.34. The Bertz CT molecular complexity index is 1100. The van der Waals surface area contributed by atoms with Gasteiger partial charge in [-0.3, -0.25) is 4.57 Å². The molecule has 26 heavy (non-hydrogen) atoms. The summed E-state index contributed by atoms with van der Waals surface area (Å²) in [6.07, 6.45) is 0. The number of aromatic nitrogens is 2. The second-order valence-corrected chi connectivity index (χ2v) is 7.55. The number of nitrogens with zero attached hydrogens (tertiary/aromatic N) is 2. The number of nitrogens with two attached hydrogens (primary N) is 1. The number of imidazole rings is 1. The van der Waals surface area contributed by atoms with Gasteiger partial charge in [0.25, 0.3) is 0 Å². The molecule has 1 aliphatic heterocycles. The number of methoxy groups -OCH3 is 1. The van der Waals surface area contributed by atoms with Crippen LogP contribution in [-0.4, -0.2) is 25.1 Å². The number of sulfonamides is 1. The molecule has 0 fully saturated rings. The Morgan fingerprint density at radius 1 is 1.19 bits per heavy atom. The van der Waals surface area contributed by atoms with Crippen molar-refractivity contribution in [3.05, 3.63) is 54.0 Å². The number of fused-ring (bicyclic) bond motifs is 3. The third-order valence-corrected chi connectivity index (χ3v) is 5.25. The number of aryl methyl sites for hydroxylation is 1. The molecule has 1 aliphatic rings. The zero-order chi connectivity index (χ0) is 18.5. The lowest BCUT2D eigenvalue weighted by atomic mass is 10.1. The van der Waals surface area contributed by atoms with Crippen molar-refractivity contribution in [1.29, 1.82) is 0 Å². The molecule has 0 atom stereocenters. The highest BCUT2D eigenvalue weighted by Crippen LogP contribution is 2.37. The van der Waals surface area contributed by atoms with Crippen molar-refractivity contribution < 1.29 is 17.9 Å². The number of hydrogen-bond donors (Lipinski definition) is 1. The molecule has 0 saturated heterocycles. The lowest BCUT2D eigenvalue weighted by Gasteiger charge is -2.22. The molecule has 2 heterocycles. The molecule has 1 aromatic heterocycles. The first kappa shape index (κ1) is 16.6. The van der Waals surface area contributed by atoms with E-state index in [1.165, 1.54) is 12.1 Å². The van der Waals surface area contributed by atoms with Crippen molar-refractivity contribution >= 4 is 10.0 Å². The standard InChI is InChI=1S/C18H17N3O4S/c1-11-18(12-3-5-13(24-2)6-4-12)21-15-8-7-14(26(19,22)23)9-16(15)25-10-17(21)20-11/h3-9H,10H2,1-2H3,(H2,19,22,23). The van der Waals surface area contributed by atoms with Crippen LogP contribution in [0.3, 0.4) is 0 Å². The van der Waals surface area contributed by atoms with Crippen LogP contribution in [0.5, 0.6) is 11.5 Å². The second kappa shape index (κ2) is 5.86. The molecule has 0 bridgehead atoms. The third kappa shape index (κ3) is 2.63. The number of benzene rings is 2. The highest BCUT2D eigenvalue weighted by molar-refractivity contribution is 7.89. The zero-order valence-corrected chi connectivity index (χ0v) is 15.1.